The van der Waals surface area contributed by atoms with Crippen molar-refractivity contribution >= 4 is 40.9 Å². The van der Waals surface area contributed by atoms with Crippen molar-refractivity contribution in [3.63, 3.8) is 0 Å². The average molecular weight is 373 g/mol. The molecule has 7 nitrogen and oxygen atoms in total. The highest BCUT2D eigenvalue weighted by molar-refractivity contribution is 8.00. The number of hydrogen-bond donors (Lipinski definition) is 1. The Kier molecular flexibility index (Phi) is 6.44. The molecule has 1 heterocycles. The van der Waals surface area contributed by atoms with Gasteiger partial charge < -0.3 is 10.0 Å². The Morgan fingerprint density at radius 3 is 2.62 bits per heavy atom. The number of benzene rings is 1. The number of nitro benzene ring substituents is 1. The SMILES string of the molecule is O=C(O)CC1CCN(C(=O)CSc2ccc(Cl)cc2[N+](=O)[O-])CC1. The zero-order valence-electron chi connectivity index (χ0n) is 12.8. The molecule has 0 atom stereocenters. The number of nitro groups is 1. The first-order valence-corrected chi connectivity index (χ1v) is 8.79. The van der Waals surface area contributed by atoms with Crippen molar-refractivity contribution in [1.29, 1.82) is 0 Å². The summed E-state index contributed by atoms with van der Waals surface area (Å²) in [5, 5.41) is 20.1. The molecule has 0 aromatic heterocycles. The minimum absolute atomic E-state index is 0.0991. The first kappa shape index (κ1) is 18.5. The topological polar surface area (TPSA) is 101 Å². The van der Waals surface area contributed by atoms with Crippen LogP contribution in [0.25, 0.3) is 0 Å². The minimum Gasteiger partial charge on any atom is -0.481 e. The summed E-state index contributed by atoms with van der Waals surface area (Å²) < 4.78 is 0. The number of aliphatic carboxylic acids is 1. The molecule has 1 aliphatic heterocycles. The van der Waals surface area contributed by atoms with Gasteiger partial charge in [-0.05, 0) is 30.9 Å². The third-order valence-electron chi connectivity index (χ3n) is 3.90. The lowest BCUT2D eigenvalue weighted by molar-refractivity contribution is -0.387. The Labute approximate surface area is 148 Å². The van der Waals surface area contributed by atoms with Gasteiger partial charge in [0.2, 0.25) is 5.91 Å². The number of halogens is 1. The van der Waals surface area contributed by atoms with E-state index < -0.39 is 10.9 Å². The summed E-state index contributed by atoms with van der Waals surface area (Å²) >= 11 is 6.88. The van der Waals surface area contributed by atoms with E-state index in [2.05, 4.69) is 0 Å². The molecule has 1 fully saturated rings. The molecule has 1 aromatic carbocycles. The number of thioether (sulfide) groups is 1. The van der Waals surface area contributed by atoms with Crippen LogP contribution < -0.4 is 0 Å². The quantitative estimate of drug-likeness (QED) is 0.468. The number of nitrogens with zero attached hydrogens (tertiary/aromatic N) is 2. The molecule has 0 aliphatic carbocycles. The number of amides is 1. The maximum atomic E-state index is 12.2. The van der Waals surface area contributed by atoms with E-state index >= 15 is 0 Å². The van der Waals surface area contributed by atoms with Gasteiger partial charge in [-0.25, -0.2) is 0 Å². The summed E-state index contributed by atoms with van der Waals surface area (Å²) in [4.78, 5) is 35.6. The van der Waals surface area contributed by atoms with Gasteiger partial charge in [-0.1, -0.05) is 11.6 Å². The van der Waals surface area contributed by atoms with Crippen LogP contribution in [0.15, 0.2) is 23.1 Å². The van der Waals surface area contributed by atoms with Gasteiger partial charge in [0, 0.05) is 30.6 Å². The largest absolute Gasteiger partial charge is 0.481 e. The number of carboxylic acid groups (broad SMARTS) is 1. The fourth-order valence-corrected chi connectivity index (χ4v) is 3.69. The highest BCUT2D eigenvalue weighted by Crippen LogP contribution is 2.32. The van der Waals surface area contributed by atoms with Gasteiger partial charge in [-0.2, -0.15) is 0 Å². The molecule has 0 bridgehead atoms. The molecule has 130 valence electrons. The van der Waals surface area contributed by atoms with Crippen LogP contribution in [-0.4, -0.2) is 45.6 Å². The third-order valence-corrected chi connectivity index (χ3v) is 5.18. The number of rotatable bonds is 6. The van der Waals surface area contributed by atoms with E-state index in [-0.39, 0.29) is 34.7 Å². The van der Waals surface area contributed by atoms with Crippen molar-refractivity contribution in [2.24, 2.45) is 5.92 Å². The predicted molar refractivity (Wildman–Crippen MR) is 90.4 cm³/mol. The molecule has 0 spiro atoms. The number of carboxylic acids is 1. The summed E-state index contributed by atoms with van der Waals surface area (Å²) in [6.07, 6.45) is 1.47. The Hall–Kier alpha value is -1.80. The van der Waals surface area contributed by atoms with Gasteiger partial charge in [-0.3, -0.25) is 19.7 Å². The molecule has 0 unspecified atom stereocenters. The monoisotopic (exact) mass is 372 g/mol. The van der Waals surface area contributed by atoms with Crippen LogP contribution in [0, 0.1) is 16.0 Å². The summed E-state index contributed by atoms with van der Waals surface area (Å²) in [6, 6.07) is 4.36. The summed E-state index contributed by atoms with van der Waals surface area (Å²) in [5.74, 6) is -0.702. The van der Waals surface area contributed by atoms with Crippen LogP contribution >= 0.6 is 23.4 Å². The van der Waals surface area contributed by atoms with Crippen LogP contribution in [0.3, 0.4) is 0 Å². The fourth-order valence-electron chi connectivity index (χ4n) is 2.62. The van der Waals surface area contributed by atoms with E-state index in [4.69, 9.17) is 16.7 Å². The summed E-state index contributed by atoms with van der Waals surface area (Å²) in [7, 11) is 0. The van der Waals surface area contributed by atoms with Crippen LogP contribution in [0.4, 0.5) is 5.69 Å². The Morgan fingerprint density at radius 2 is 2.04 bits per heavy atom. The molecule has 1 aromatic rings. The first-order valence-electron chi connectivity index (χ1n) is 7.43. The molecule has 9 heteroatoms. The first-order chi connectivity index (χ1) is 11.4. The lowest BCUT2D eigenvalue weighted by Crippen LogP contribution is -2.39. The van der Waals surface area contributed by atoms with Gasteiger partial charge in [-0.15, -0.1) is 11.8 Å². The molecular formula is C15H17ClN2O5S. The standard InChI is InChI=1S/C15H17ClN2O5S/c16-11-1-2-13(12(8-11)18(22)23)24-9-14(19)17-5-3-10(4-6-17)7-15(20)21/h1-2,8,10H,3-7,9H2,(H,20,21). The molecule has 24 heavy (non-hydrogen) atoms. The number of hydrogen-bond acceptors (Lipinski definition) is 5. The maximum Gasteiger partial charge on any atom is 0.303 e. The molecule has 1 saturated heterocycles. The van der Waals surface area contributed by atoms with E-state index in [1.807, 2.05) is 0 Å². The molecule has 2 rings (SSSR count). The highest BCUT2D eigenvalue weighted by atomic mass is 35.5. The normalized spacial score (nSPS) is 15.3. The van der Waals surface area contributed by atoms with Crippen LogP contribution in [-0.2, 0) is 9.59 Å². The van der Waals surface area contributed by atoms with Gasteiger partial charge in [0.1, 0.15) is 0 Å². The summed E-state index contributed by atoms with van der Waals surface area (Å²) in [6.45, 7) is 1.06. The van der Waals surface area contributed by atoms with Crippen LogP contribution in [0.2, 0.25) is 5.02 Å². The van der Waals surface area contributed by atoms with Crippen molar-refractivity contribution in [1.82, 2.24) is 4.90 Å². The molecule has 1 aliphatic rings. The molecule has 0 saturated carbocycles. The Balaban J connectivity index is 1.88. The fraction of sp³-hybridized carbons (Fsp3) is 0.467. The second-order valence-electron chi connectivity index (χ2n) is 5.58. The number of carbonyl (C=O) groups excluding carboxylic acids is 1. The highest BCUT2D eigenvalue weighted by Gasteiger charge is 2.25. The Morgan fingerprint density at radius 1 is 1.38 bits per heavy atom. The molecular weight excluding hydrogens is 356 g/mol. The third kappa shape index (κ3) is 5.10. The second-order valence-corrected chi connectivity index (χ2v) is 7.03. The van der Waals surface area contributed by atoms with Gasteiger partial charge in [0.15, 0.2) is 0 Å². The van der Waals surface area contributed by atoms with Gasteiger partial charge in [0.25, 0.3) is 5.69 Å². The van der Waals surface area contributed by atoms with Crippen LogP contribution in [0.1, 0.15) is 19.3 Å². The van der Waals surface area contributed by atoms with E-state index in [0.29, 0.717) is 30.8 Å². The van der Waals surface area contributed by atoms with Crippen molar-refractivity contribution < 1.29 is 19.6 Å². The smallest absolute Gasteiger partial charge is 0.303 e. The van der Waals surface area contributed by atoms with Crippen molar-refractivity contribution in [2.75, 3.05) is 18.8 Å². The van der Waals surface area contributed by atoms with Crippen LogP contribution in [0.5, 0.6) is 0 Å². The second kappa shape index (κ2) is 8.34. The zero-order chi connectivity index (χ0) is 17.7. The molecule has 0 radical (unpaired) electrons. The number of likely N-dealkylation sites (tertiary alicyclic amines) is 1. The van der Waals surface area contributed by atoms with Gasteiger partial charge in [0.05, 0.1) is 15.6 Å². The zero-order valence-corrected chi connectivity index (χ0v) is 14.4. The van der Waals surface area contributed by atoms with E-state index in [1.54, 1.807) is 11.0 Å². The lowest BCUT2D eigenvalue weighted by Gasteiger charge is -2.31. The predicted octanol–water partition coefficient (Wildman–Crippen LogP) is 3.05. The summed E-state index contributed by atoms with van der Waals surface area (Å²) in [5.41, 5.74) is -0.111. The van der Waals surface area contributed by atoms with E-state index in [1.165, 1.54) is 12.1 Å². The lowest BCUT2D eigenvalue weighted by atomic mass is 9.94. The average Bonchev–Trinajstić information content (AvgIpc) is 2.53. The van der Waals surface area contributed by atoms with Crippen molar-refractivity contribution in [3.8, 4) is 0 Å². The minimum atomic E-state index is -0.814. The van der Waals surface area contributed by atoms with E-state index in [9.17, 15) is 19.7 Å². The van der Waals surface area contributed by atoms with Crippen molar-refractivity contribution in [3.05, 3.63) is 33.3 Å². The number of piperidine rings is 1. The van der Waals surface area contributed by atoms with Crippen molar-refractivity contribution in [2.45, 2.75) is 24.2 Å². The molecule has 1 N–H and O–H groups in total. The maximum absolute atomic E-state index is 12.2. The number of carbonyl (C=O) groups is 2. The van der Waals surface area contributed by atoms with E-state index in [0.717, 1.165) is 11.8 Å². The van der Waals surface area contributed by atoms with Gasteiger partial charge >= 0.3 is 5.97 Å². The Bertz CT molecular complexity index is 647. The molecule has 1 amide bonds.